The van der Waals surface area contributed by atoms with E-state index < -0.39 is 36.4 Å². The molecule has 0 fully saturated rings. The van der Waals surface area contributed by atoms with Gasteiger partial charge in [0.15, 0.2) is 0 Å². The lowest BCUT2D eigenvalue weighted by molar-refractivity contribution is -0.193. The van der Waals surface area contributed by atoms with Gasteiger partial charge in [0.05, 0.1) is 17.9 Å². The zero-order valence-corrected chi connectivity index (χ0v) is 26.3. The van der Waals surface area contributed by atoms with Crippen LogP contribution in [0.4, 0.5) is 45.2 Å². The van der Waals surface area contributed by atoms with Crippen molar-refractivity contribution in [3.8, 4) is 16.9 Å². The molecule has 13 nitrogen and oxygen atoms in total. The minimum absolute atomic E-state index is 0.0574. The third-order valence-electron chi connectivity index (χ3n) is 5.99. The number of benzene rings is 2. The fourth-order valence-electron chi connectivity index (χ4n) is 3.53. The number of aromatic amines is 1. The Balaban J connectivity index is 0.000000505. The van der Waals surface area contributed by atoms with E-state index >= 15 is 0 Å². The number of aromatic nitrogens is 2. The molecule has 1 amide bonds. The van der Waals surface area contributed by atoms with Crippen LogP contribution < -0.4 is 15.4 Å². The highest BCUT2D eigenvalue weighted by molar-refractivity contribution is 5.97. The molecule has 1 aliphatic heterocycles. The average molecular weight is 748 g/mol. The van der Waals surface area contributed by atoms with E-state index in [0.29, 0.717) is 31.0 Å². The van der Waals surface area contributed by atoms with Gasteiger partial charge in [0, 0.05) is 24.8 Å². The number of carbonyl (C=O) groups is 4. The number of carbonyl (C=O) groups excluding carboxylic acids is 1. The number of amides is 1. The molecule has 0 saturated carbocycles. The lowest BCUT2D eigenvalue weighted by Gasteiger charge is -2.25. The highest BCUT2D eigenvalue weighted by Crippen LogP contribution is 2.31. The predicted molar refractivity (Wildman–Crippen MR) is 159 cm³/mol. The van der Waals surface area contributed by atoms with Crippen LogP contribution in [0.1, 0.15) is 11.1 Å². The van der Waals surface area contributed by atoms with E-state index in [4.69, 9.17) is 34.4 Å². The minimum atomic E-state index is -5.08. The van der Waals surface area contributed by atoms with Gasteiger partial charge >= 0.3 is 36.4 Å². The smallest absolute Gasteiger partial charge is 0.490 e. The maximum atomic E-state index is 13.0. The number of carboxylic acids is 3. The number of ether oxygens (including phenoxy) is 1. The first-order chi connectivity index (χ1) is 23.4. The van der Waals surface area contributed by atoms with Gasteiger partial charge in [-0.1, -0.05) is 30.3 Å². The van der Waals surface area contributed by atoms with Crippen LogP contribution in [0.5, 0.6) is 5.75 Å². The van der Waals surface area contributed by atoms with Crippen LogP contribution in [0.25, 0.3) is 11.1 Å². The van der Waals surface area contributed by atoms with Crippen LogP contribution in [0.2, 0.25) is 0 Å². The highest BCUT2D eigenvalue weighted by Gasteiger charge is 2.39. The molecule has 0 saturated heterocycles. The van der Waals surface area contributed by atoms with Gasteiger partial charge in [0.1, 0.15) is 12.4 Å². The molecular formula is C29H30F9N5O8. The lowest BCUT2D eigenvalue weighted by atomic mass is 9.95. The second kappa shape index (κ2) is 19.1. The number of likely N-dealkylation sites (N-methyl/N-ethyl adjacent to an activating group) is 1. The molecule has 22 heteroatoms. The van der Waals surface area contributed by atoms with Crippen molar-refractivity contribution >= 4 is 29.5 Å². The number of nitrogens with one attached hydrogen (secondary N) is 3. The Kier molecular flexibility index (Phi) is 16.4. The number of halogens is 9. The van der Waals surface area contributed by atoms with Crippen molar-refractivity contribution in [3.63, 3.8) is 0 Å². The van der Waals surface area contributed by atoms with Gasteiger partial charge in [-0.05, 0) is 49.3 Å². The summed E-state index contributed by atoms with van der Waals surface area (Å²) in [6.45, 7) is 2.00. The van der Waals surface area contributed by atoms with Crippen LogP contribution in [0, 0.1) is 0 Å². The van der Waals surface area contributed by atoms with Crippen molar-refractivity contribution in [2.45, 2.75) is 37.5 Å². The molecule has 1 aromatic heterocycles. The molecular weight excluding hydrogens is 717 g/mol. The molecule has 1 atom stereocenters. The maximum Gasteiger partial charge on any atom is 0.490 e. The summed E-state index contributed by atoms with van der Waals surface area (Å²) in [5.74, 6) is -7.68. The molecule has 0 spiro atoms. The molecule has 0 unspecified atom stereocenters. The number of hydrogen-bond donors (Lipinski definition) is 6. The molecule has 0 radical (unpaired) electrons. The Morgan fingerprint density at radius 2 is 1.35 bits per heavy atom. The third-order valence-corrected chi connectivity index (χ3v) is 5.99. The maximum absolute atomic E-state index is 13.0. The Morgan fingerprint density at radius 1 is 0.843 bits per heavy atom. The standard InChI is InChI=1S/C23H27N5O2.3C2HF3O2/c1-28(2)9-10-30-22-12-17(19-14-25-26-15-19)7-8-20(22)27-23(29)21-11-16-5-3-4-6-18(16)13-24-21;3*3-2(4,5)1(6)7/h3-8,12,14-15,21,24H,9-11,13H2,1-2H3,(H,25,26)(H,27,29);3*(H,6,7)/t21-;;;/m1.../s1. The van der Waals surface area contributed by atoms with Gasteiger partial charge in [0.25, 0.3) is 0 Å². The van der Waals surface area contributed by atoms with Crippen LogP contribution in [0.15, 0.2) is 54.9 Å². The van der Waals surface area contributed by atoms with Crippen molar-refractivity contribution < 1.29 is 78.7 Å². The number of anilines is 1. The minimum Gasteiger partial charge on any atom is -0.490 e. The van der Waals surface area contributed by atoms with Gasteiger partial charge in [-0.15, -0.1) is 0 Å². The number of H-pyrrole nitrogens is 1. The Labute approximate surface area is 282 Å². The molecule has 282 valence electrons. The summed E-state index contributed by atoms with van der Waals surface area (Å²) in [6, 6.07) is 13.8. The van der Waals surface area contributed by atoms with Crippen molar-refractivity contribution in [1.82, 2.24) is 20.4 Å². The van der Waals surface area contributed by atoms with E-state index in [-0.39, 0.29) is 11.9 Å². The summed E-state index contributed by atoms with van der Waals surface area (Å²) < 4.78 is 101. The van der Waals surface area contributed by atoms with Crippen LogP contribution in [-0.4, -0.2) is 106 Å². The van der Waals surface area contributed by atoms with Gasteiger partial charge in [-0.2, -0.15) is 44.6 Å². The molecule has 3 aromatic rings. The van der Waals surface area contributed by atoms with Gasteiger partial charge in [-0.25, -0.2) is 14.4 Å². The van der Waals surface area contributed by atoms with E-state index in [9.17, 15) is 44.3 Å². The normalized spacial score (nSPS) is 13.8. The molecule has 0 bridgehead atoms. The molecule has 1 aliphatic rings. The SMILES string of the molecule is CN(C)CCOc1cc(-c2cn[nH]c2)ccc1NC(=O)[C@H]1Cc2ccccc2CN1.O=C(O)C(F)(F)F.O=C(O)C(F)(F)F.O=C(O)C(F)(F)F. The van der Waals surface area contributed by atoms with Gasteiger partial charge in [0.2, 0.25) is 5.91 Å². The molecule has 0 aliphatic carbocycles. The third kappa shape index (κ3) is 16.3. The van der Waals surface area contributed by atoms with Crippen molar-refractivity contribution in [2.75, 3.05) is 32.6 Å². The first-order valence-corrected chi connectivity index (χ1v) is 13.9. The fourth-order valence-corrected chi connectivity index (χ4v) is 3.53. The van der Waals surface area contributed by atoms with Crippen molar-refractivity contribution in [1.29, 1.82) is 0 Å². The Bertz CT molecular complexity index is 1540. The number of hydrogen-bond acceptors (Lipinski definition) is 8. The number of nitrogens with zero attached hydrogens (tertiary/aromatic N) is 2. The lowest BCUT2D eigenvalue weighted by Crippen LogP contribution is -2.44. The largest absolute Gasteiger partial charge is 0.490 e. The zero-order chi connectivity index (χ0) is 39.2. The fraction of sp³-hybridized carbons (Fsp3) is 0.345. The number of fused-ring (bicyclic) bond motifs is 1. The van der Waals surface area contributed by atoms with Crippen LogP contribution in [0.3, 0.4) is 0 Å². The van der Waals surface area contributed by atoms with Crippen molar-refractivity contribution in [2.24, 2.45) is 0 Å². The van der Waals surface area contributed by atoms with E-state index in [2.05, 4.69) is 37.9 Å². The summed E-state index contributed by atoms with van der Waals surface area (Å²) in [4.78, 5) is 41.7. The summed E-state index contributed by atoms with van der Waals surface area (Å²) >= 11 is 0. The molecule has 4 rings (SSSR count). The van der Waals surface area contributed by atoms with Gasteiger partial charge < -0.3 is 35.6 Å². The van der Waals surface area contributed by atoms with Crippen LogP contribution in [-0.2, 0) is 32.1 Å². The Morgan fingerprint density at radius 3 is 1.80 bits per heavy atom. The first kappa shape index (κ1) is 43.6. The summed E-state index contributed by atoms with van der Waals surface area (Å²) in [7, 11) is 4.00. The number of aliphatic carboxylic acids is 3. The molecule has 51 heavy (non-hydrogen) atoms. The number of rotatable bonds is 7. The molecule has 2 heterocycles. The second-order valence-corrected chi connectivity index (χ2v) is 10.2. The van der Waals surface area contributed by atoms with E-state index in [1.807, 2.05) is 50.6 Å². The van der Waals surface area contributed by atoms with E-state index in [0.717, 1.165) is 17.7 Å². The average Bonchev–Trinajstić information content (AvgIpc) is 3.56. The van der Waals surface area contributed by atoms with Crippen LogP contribution >= 0.6 is 0 Å². The Hall–Kier alpha value is -5.38. The summed E-state index contributed by atoms with van der Waals surface area (Å²) in [5.41, 5.74) is 5.08. The summed E-state index contributed by atoms with van der Waals surface area (Å²) in [5, 5.41) is 34.6. The van der Waals surface area contributed by atoms with Gasteiger partial charge in [-0.3, -0.25) is 9.89 Å². The summed E-state index contributed by atoms with van der Waals surface area (Å²) in [6.07, 6.45) is -11.0. The quantitative estimate of drug-likeness (QED) is 0.186. The van der Waals surface area contributed by atoms with E-state index in [1.165, 1.54) is 11.1 Å². The van der Waals surface area contributed by atoms with E-state index in [1.54, 1.807) is 6.20 Å². The van der Waals surface area contributed by atoms with Crippen molar-refractivity contribution in [3.05, 3.63) is 66.0 Å². The number of alkyl halides is 9. The molecule has 6 N–H and O–H groups in total. The zero-order valence-electron chi connectivity index (χ0n) is 26.3. The topological polar surface area (TPSA) is 194 Å². The second-order valence-electron chi connectivity index (χ2n) is 10.2. The first-order valence-electron chi connectivity index (χ1n) is 13.9. The molecule has 2 aromatic carbocycles. The monoisotopic (exact) mass is 747 g/mol. The predicted octanol–water partition coefficient (Wildman–Crippen LogP) is 4.57. The highest BCUT2D eigenvalue weighted by atomic mass is 19.4. The number of carboxylic acid groups (broad SMARTS) is 3.